The molecule has 1 unspecified atom stereocenters. The summed E-state index contributed by atoms with van der Waals surface area (Å²) in [5, 5.41) is 15.6. The SMILES string of the molecule is CC(NCC1(O)CCC1)c1cc2c(c(C(F)(F)F)c1)CNC2=O. The molecule has 1 fully saturated rings. The molecule has 7 heteroatoms. The van der Waals surface area contributed by atoms with Crippen LogP contribution in [0.15, 0.2) is 12.1 Å². The molecule has 1 heterocycles. The normalized spacial score (nSPS) is 20.7. The second kappa shape index (κ2) is 5.49. The summed E-state index contributed by atoms with van der Waals surface area (Å²) >= 11 is 0. The van der Waals surface area contributed by atoms with Gasteiger partial charge in [0.25, 0.3) is 5.91 Å². The number of benzene rings is 1. The van der Waals surface area contributed by atoms with Crippen molar-refractivity contribution in [2.24, 2.45) is 0 Å². The van der Waals surface area contributed by atoms with Crippen molar-refractivity contribution < 1.29 is 23.1 Å². The fourth-order valence-corrected chi connectivity index (χ4v) is 3.08. The van der Waals surface area contributed by atoms with Gasteiger partial charge < -0.3 is 15.7 Å². The van der Waals surface area contributed by atoms with Crippen LogP contribution in [0.4, 0.5) is 13.2 Å². The minimum Gasteiger partial charge on any atom is -0.389 e. The van der Waals surface area contributed by atoms with Crippen molar-refractivity contribution in [1.82, 2.24) is 10.6 Å². The molecule has 0 radical (unpaired) electrons. The van der Waals surface area contributed by atoms with E-state index >= 15 is 0 Å². The highest BCUT2D eigenvalue weighted by Crippen LogP contribution is 2.37. The van der Waals surface area contributed by atoms with Crippen LogP contribution in [0.25, 0.3) is 0 Å². The van der Waals surface area contributed by atoms with E-state index in [1.165, 1.54) is 6.07 Å². The van der Waals surface area contributed by atoms with Crippen molar-refractivity contribution in [1.29, 1.82) is 0 Å². The molecule has 2 aliphatic rings. The third-order valence-electron chi connectivity index (χ3n) is 4.77. The number of carbonyl (C=O) groups excluding carboxylic acids is 1. The topological polar surface area (TPSA) is 61.4 Å². The Labute approximate surface area is 132 Å². The van der Waals surface area contributed by atoms with Gasteiger partial charge in [-0.05, 0) is 49.4 Å². The van der Waals surface area contributed by atoms with Gasteiger partial charge in [0, 0.05) is 24.7 Å². The van der Waals surface area contributed by atoms with Crippen LogP contribution in [0.5, 0.6) is 0 Å². The van der Waals surface area contributed by atoms with Crippen LogP contribution in [-0.2, 0) is 12.7 Å². The first-order chi connectivity index (χ1) is 10.7. The molecule has 1 atom stereocenters. The van der Waals surface area contributed by atoms with Gasteiger partial charge in [-0.3, -0.25) is 4.79 Å². The number of alkyl halides is 3. The van der Waals surface area contributed by atoms with Crippen molar-refractivity contribution in [3.8, 4) is 0 Å². The predicted molar refractivity (Wildman–Crippen MR) is 77.8 cm³/mol. The van der Waals surface area contributed by atoms with Crippen molar-refractivity contribution in [3.63, 3.8) is 0 Å². The molecule has 4 nitrogen and oxygen atoms in total. The van der Waals surface area contributed by atoms with Gasteiger partial charge in [0.2, 0.25) is 0 Å². The molecule has 3 N–H and O–H groups in total. The Hall–Kier alpha value is -1.60. The zero-order valence-corrected chi connectivity index (χ0v) is 12.8. The number of amides is 1. The molecule has 1 aromatic rings. The minimum absolute atomic E-state index is 0.0103. The van der Waals surface area contributed by atoms with Crippen molar-refractivity contribution >= 4 is 5.91 Å². The van der Waals surface area contributed by atoms with Gasteiger partial charge in [0.05, 0.1) is 11.2 Å². The van der Waals surface area contributed by atoms with Crippen LogP contribution in [-0.4, -0.2) is 23.2 Å². The molecule has 1 amide bonds. The van der Waals surface area contributed by atoms with Crippen molar-refractivity contribution in [2.75, 3.05) is 6.54 Å². The summed E-state index contributed by atoms with van der Waals surface area (Å²) in [6.07, 6.45) is -2.14. The molecular formula is C16H19F3N2O2. The van der Waals surface area contributed by atoms with Gasteiger partial charge in [0.1, 0.15) is 0 Å². The minimum atomic E-state index is -4.50. The highest BCUT2D eigenvalue weighted by molar-refractivity contribution is 5.99. The Bertz CT molecular complexity index is 639. The second-order valence-electron chi connectivity index (χ2n) is 6.46. The summed E-state index contributed by atoms with van der Waals surface area (Å²) in [7, 11) is 0. The van der Waals surface area contributed by atoms with E-state index in [0.717, 1.165) is 12.5 Å². The molecule has 1 saturated carbocycles. The van der Waals surface area contributed by atoms with Crippen LogP contribution in [0, 0.1) is 0 Å². The molecule has 23 heavy (non-hydrogen) atoms. The van der Waals surface area contributed by atoms with E-state index in [4.69, 9.17) is 0 Å². The summed E-state index contributed by atoms with van der Waals surface area (Å²) < 4.78 is 39.8. The summed E-state index contributed by atoms with van der Waals surface area (Å²) in [6, 6.07) is 2.22. The van der Waals surface area contributed by atoms with Crippen LogP contribution >= 0.6 is 0 Å². The van der Waals surface area contributed by atoms with E-state index in [0.29, 0.717) is 24.9 Å². The standard InChI is InChI=1S/C16H19F3N2O2/c1-9(21-8-15(23)3-2-4-15)10-5-11-12(7-20-14(11)22)13(6-10)16(17,18)19/h5-6,9,21,23H,2-4,7-8H2,1H3,(H,20,22). The fourth-order valence-electron chi connectivity index (χ4n) is 3.08. The van der Waals surface area contributed by atoms with Gasteiger partial charge in [0.15, 0.2) is 0 Å². The Balaban J connectivity index is 1.87. The predicted octanol–water partition coefficient (Wildman–Crippen LogP) is 2.51. The maximum atomic E-state index is 13.3. The molecule has 0 bridgehead atoms. The van der Waals surface area contributed by atoms with E-state index in [1.807, 2.05) is 0 Å². The largest absolute Gasteiger partial charge is 0.416 e. The molecule has 1 aliphatic carbocycles. The van der Waals surface area contributed by atoms with E-state index in [9.17, 15) is 23.1 Å². The van der Waals surface area contributed by atoms with Crippen molar-refractivity contribution in [3.05, 3.63) is 34.4 Å². The fraction of sp³-hybridized carbons (Fsp3) is 0.562. The van der Waals surface area contributed by atoms with Crippen molar-refractivity contribution in [2.45, 2.75) is 50.6 Å². The van der Waals surface area contributed by atoms with Crippen LogP contribution < -0.4 is 10.6 Å². The first-order valence-electron chi connectivity index (χ1n) is 7.68. The average Bonchev–Trinajstić information content (AvgIpc) is 2.82. The molecule has 0 spiro atoms. The zero-order chi connectivity index (χ0) is 16.8. The third kappa shape index (κ3) is 3.07. The first-order valence-corrected chi connectivity index (χ1v) is 7.68. The highest BCUT2D eigenvalue weighted by Gasteiger charge is 2.38. The Morgan fingerprint density at radius 3 is 2.65 bits per heavy atom. The van der Waals surface area contributed by atoms with E-state index in [2.05, 4.69) is 10.6 Å². The van der Waals surface area contributed by atoms with E-state index < -0.39 is 23.2 Å². The smallest absolute Gasteiger partial charge is 0.389 e. The quantitative estimate of drug-likeness (QED) is 0.796. The summed E-state index contributed by atoms with van der Waals surface area (Å²) in [5.74, 6) is -0.475. The second-order valence-corrected chi connectivity index (χ2v) is 6.46. The van der Waals surface area contributed by atoms with Crippen LogP contribution in [0.2, 0.25) is 0 Å². The Morgan fingerprint density at radius 2 is 2.09 bits per heavy atom. The third-order valence-corrected chi connectivity index (χ3v) is 4.77. The Kier molecular flexibility index (Phi) is 3.88. The summed E-state index contributed by atoms with van der Waals surface area (Å²) in [5.41, 5.74) is -1.02. The lowest BCUT2D eigenvalue weighted by molar-refractivity contribution is -0.138. The lowest BCUT2D eigenvalue weighted by atomic mass is 9.80. The van der Waals surface area contributed by atoms with E-state index in [1.54, 1.807) is 6.92 Å². The molecule has 0 aromatic heterocycles. The van der Waals surface area contributed by atoms with Gasteiger partial charge in [-0.1, -0.05) is 0 Å². The number of aliphatic hydroxyl groups is 1. The number of hydrogen-bond acceptors (Lipinski definition) is 3. The van der Waals surface area contributed by atoms with E-state index in [-0.39, 0.29) is 23.7 Å². The molecule has 3 rings (SSSR count). The highest BCUT2D eigenvalue weighted by atomic mass is 19.4. The number of nitrogens with one attached hydrogen (secondary N) is 2. The Morgan fingerprint density at radius 1 is 1.39 bits per heavy atom. The van der Waals surface area contributed by atoms with Crippen LogP contribution in [0.3, 0.4) is 0 Å². The summed E-state index contributed by atoms with van der Waals surface area (Å²) in [4.78, 5) is 11.8. The molecular weight excluding hydrogens is 309 g/mol. The lowest BCUT2D eigenvalue weighted by Crippen LogP contribution is -2.46. The molecule has 1 aromatic carbocycles. The first kappa shape index (κ1) is 16.3. The van der Waals surface area contributed by atoms with Gasteiger partial charge >= 0.3 is 6.18 Å². The lowest BCUT2D eigenvalue weighted by Gasteiger charge is -2.37. The van der Waals surface area contributed by atoms with Crippen LogP contribution in [0.1, 0.15) is 59.3 Å². The molecule has 1 aliphatic heterocycles. The number of carbonyl (C=O) groups is 1. The van der Waals surface area contributed by atoms with Gasteiger partial charge in [-0.15, -0.1) is 0 Å². The number of fused-ring (bicyclic) bond motifs is 1. The maximum Gasteiger partial charge on any atom is 0.416 e. The van der Waals surface area contributed by atoms with Gasteiger partial charge in [-0.25, -0.2) is 0 Å². The zero-order valence-electron chi connectivity index (χ0n) is 12.8. The summed E-state index contributed by atoms with van der Waals surface area (Å²) in [6.45, 7) is 1.97. The number of halogens is 3. The average molecular weight is 328 g/mol. The maximum absolute atomic E-state index is 13.3. The number of rotatable bonds is 4. The molecule has 126 valence electrons. The van der Waals surface area contributed by atoms with Gasteiger partial charge in [-0.2, -0.15) is 13.2 Å². The molecule has 0 saturated heterocycles. The monoisotopic (exact) mass is 328 g/mol. The number of hydrogen-bond donors (Lipinski definition) is 3.